The summed E-state index contributed by atoms with van der Waals surface area (Å²) in [5, 5.41) is 4.68. The van der Waals surface area contributed by atoms with Gasteiger partial charge in [-0.05, 0) is 23.6 Å². The third-order valence-electron chi connectivity index (χ3n) is 2.38. The number of hydrogen-bond acceptors (Lipinski definition) is 5. The molecule has 0 aliphatic heterocycles. The second-order valence-corrected chi connectivity index (χ2v) is 4.69. The molecule has 0 atom stereocenters. The Bertz CT molecular complexity index is 581. The van der Waals surface area contributed by atoms with Crippen molar-refractivity contribution in [3.8, 4) is 0 Å². The van der Waals surface area contributed by atoms with Crippen molar-refractivity contribution >= 4 is 23.2 Å². The highest BCUT2D eigenvalue weighted by molar-refractivity contribution is 7.09. The fraction of sp³-hybridized carbons (Fsp3) is 0.154. The van der Waals surface area contributed by atoms with Crippen LogP contribution in [-0.4, -0.2) is 24.0 Å². The molecule has 2 rings (SSSR count). The van der Waals surface area contributed by atoms with Gasteiger partial charge in [0.05, 0.1) is 13.7 Å². The van der Waals surface area contributed by atoms with Crippen molar-refractivity contribution in [1.29, 1.82) is 0 Å². The van der Waals surface area contributed by atoms with Crippen molar-refractivity contribution in [2.75, 3.05) is 7.11 Å². The summed E-state index contributed by atoms with van der Waals surface area (Å²) in [4.78, 5) is 28.2. The molecule has 0 aromatic carbocycles. The Hall–Kier alpha value is -2.21. The van der Waals surface area contributed by atoms with Crippen LogP contribution in [0.1, 0.15) is 25.9 Å². The second-order valence-electron chi connectivity index (χ2n) is 3.66. The van der Waals surface area contributed by atoms with Crippen molar-refractivity contribution in [1.82, 2.24) is 10.3 Å². The van der Waals surface area contributed by atoms with Gasteiger partial charge in [0, 0.05) is 4.88 Å². The third-order valence-corrected chi connectivity index (χ3v) is 3.26. The van der Waals surface area contributed by atoms with Crippen molar-refractivity contribution in [2.24, 2.45) is 0 Å². The summed E-state index contributed by atoms with van der Waals surface area (Å²) in [5.74, 6) is -0.882. The zero-order valence-electron chi connectivity index (χ0n) is 10.3. The zero-order valence-corrected chi connectivity index (χ0v) is 11.1. The molecule has 5 nitrogen and oxygen atoms in total. The molecule has 2 heterocycles. The number of rotatable bonds is 4. The number of esters is 1. The van der Waals surface area contributed by atoms with Crippen LogP contribution in [0.15, 0.2) is 35.7 Å². The van der Waals surface area contributed by atoms with Gasteiger partial charge in [-0.15, -0.1) is 11.3 Å². The van der Waals surface area contributed by atoms with Gasteiger partial charge in [-0.25, -0.2) is 9.78 Å². The van der Waals surface area contributed by atoms with Crippen LogP contribution in [-0.2, 0) is 11.3 Å². The van der Waals surface area contributed by atoms with Crippen molar-refractivity contribution < 1.29 is 14.3 Å². The molecule has 0 fully saturated rings. The van der Waals surface area contributed by atoms with E-state index in [4.69, 9.17) is 0 Å². The van der Waals surface area contributed by atoms with E-state index < -0.39 is 5.97 Å². The molecule has 98 valence electrons. The lowest BCUT2D eigenvalue weighted by Crippen LogP contribution is -2.24. The van der Waals surface area contributed by atoms with Gasteiger partial charge in [0.2, 0.25) is 0 Å². The van der Waals surface area contributed by atoms with E-state index in [0.717, 1.165) is 4.88 Å². The summed E-state index contributed by atoms with van der Waals surface area (Å²) in [6, 6.07) is 8.50. The zero-order chi connectivity index (χ0) is 13.7. The third kappa shape index (κ3) is 3.38. The van der Waals surface area contributed by atoms with Crippen molar-refractivity contribution in [3.63, 3.8) is 0 Å². The highest BCUT2D eigenvalue weighted by atomic mass is 32.1. The monoisotopic (exact) mass is 276 g/mol. The molecule has 2 aromatic rings. The smallest absolute Gasteiger partial charge is 0.356 e. The minimum atomic E-state index is -0.562. The van der Waals surface area contributed by atoms with E-state index in [9.17, 15) is 9.59 Å². The van der Waals surface area contributed by atoms with Crippen LogP contribution in [0.5, 0.6) is 0 Å². The molecular formula is C13H12N2O3S. The SMILES string of the molecule is COC(=O)c1cccc(C(=O)NCc2cccs2)n1. The predicted octanol–water partition coefficient (Wildman–Crippen LogP) is 1.86. The average molecular weight is 276 g/mol. The molecule has 6 heteroatoms. The highest BCUT2D eigenvalue weighted by Crippen LogP contribution is 2.08. The average Bonchev–Trinajstić information content (AvgIpc) is 2.97. The molecule has 0 saturated carbocycles. The summed E-state index contributed by atoms with van der Waals surface area (Å²) in [7, 11) is 1.27. The molecule has 0 aliphatic carbocycles. The van der Waals surface area contributed by atoms with E-state index in [-0.39, 0.29) is 17.3 Å². The van der Waals surface area contributed by atoms with E-state index in [1.807, 2.05) is 17.5 Å². The van der Waals surface area contributed by atoms with Gasteiger partial charge in [-0.1, -0.05) is 12.1 Å². The lowest BCUT2D eigenvalue weighted by Gasteiger charge is -2.04. The number of pyridine rings is 1. The summed E-state index contributed by atoms with van der Waals surface area (Å²) < 4.78 is 4.56. The Labute approximate surface area is 114 Å². The standard InChI is InChI=1S/C13H12N2O3S/c1-18-13(17)11-6-2-5-10(15-11)12(16)14-8-9-4-3-7-19-9/h2-7H,8H2,1H3,(H,14,16). The fourth-order valence-electron chi connectivity index (χ4n) is 1.45. The molecular weight excluding hydrogens is 264 g/mol. The maximum absolute atomic E-state index is 11.9. The number of carbonyl (C=O) groups excluding carboxylic acids is 2. The number of ether oxygens (including phenoxy) is 1. The van der Waals surface area contributed by atoms with Crippen LogP contribution in [0.25, 0.3) is 0 Å². The number of nitrogens with zero attached hydrogens (tertiary/aromatic N) is 1. The Balaban J connectivity index is 2.04. The normalized spacial score (nSPS) is 9.95. The molecule has 19 heavy (non-hydrogen) atoms. The lowest BCUT2D eigenvalue weighted by molar-refractivity contribution is 0.0594. The number of nitrogens with one attached hydrogen (secondary N) is 1. The number of methoxy groups -OCH3 is 1. The second kappa shape index (κ2) is 6.10. The lowest BCUT2D eigenvalue weighted by atomic mass is 10.3. The molecule has 0 radical (unpaired) electrons. The van der Waals surface area contributed by atoms with E-state index >= 15 is 0 Å². The van der Waals surface area contributed by atoms with Crippen molar-refractivity contribution in [2.45, 2.75) is 6.54 Å². The fourth-order valence-corrected chi connectivity index (χ4v) is 2.10. The van der Waals surface area contributed by atoms with Crippen LogP contribution < -0.4 is 5.32 Å². The maximum atomic E-state index is 11.9. The molecule has 0 bridgehead atoms. The number of carbonyl (C=O) groups is 2. The topological polar surface area (TPSA) is 68.3 Å². The number of aromatic nitrogens is 1. The first kappa shape index (κ1) is 13.2. The summed E-state index contributed by atoms with van der Waals surface area (Å²) in [6.07, 6.45) is 0. The van der Waals surface area contributed by atoms with Gasteiger partial charge in [-0.3, -0.25) is 4.79 Å². The molecule has 0 unspecified atom stereocenters. The minimum absolute atomic E-state index is 0.117. The number of thiophene rings is 1. The van der Waals surface area contributed by atoms with Crippen LogP contribution >= 0.6 is 11.3 Å². The van der Waals surface area contributed by atoms with Gasteiger partial charge in [0.25, 0.3) is 5.91 Å². The number of amides is 1. The highest BCUT2D eigenvalue weighted by Gasteiger charge is 2.12. The molecule has 1 amide bonds. The predicted molar refractivity (Wildman–Crippen MR) is 71.1 cm³/mol. The van der Waals surface area contributed by atoms with E-state index in [1.165, 1.54) is 13.2 Å². The molecule has 0 saturated heterocycles. The first-order valence-electron chi connectivity index (χ1n) is 5.56. The summed E-state index contributed by atoms with van der Waals surface area (Å²) >= 11 is 1.56. The molecule has 0 aliphatic rings. The van der Waals surface area contributed by atoms with Crippen LogP contribution in [0.4, 0.5) is 0 Å². The Morgan fingerprint density at radius 1 is 1.26 bits per heavy atom. The van der Waals surface area contributed by atoms with Gasteiger partial charge in [0.1, 0.15) is 11.4 Å². The first-order valence-corrected chi connectivity index (χ1v) is 6.44. The number of hydrogen-bond donors (Lipinski definition) is 1. The summed E-state index contributed by atoms with van der Waals surface area (Å²) in [6.45, 7) is 0.445. The van der Waals surface area contributed by atoms with Crippen LogP contribution in [0.2, 0.25) is 0 Å². The maximum Gasteiger partial charge on any atom is 0.356 e. The van der Waals surface area contributed by atoms with E-state index in [0.29, 0.717) is 6.54 Å². The van der Waals surface area contributed by atoms with Gasteiger partial charge < -0.3 is 10.1 Å². The largest absolute Gasteiger partial charge is 0.464 e. The van der Waals surface area contributed by atoms with Crippen molar-refractivity contribution in [3.05, 3.63) is 52.0 Å². The Kier molecular flexibility index (Phi) is 4.25. The van der Waals surface area contributed by atoms with Gasteiger partial charge in [0.15, 0.2) is 0 Å². The molecule has 0 spiro atoms. The summed E-state index contributed by atoms with van der Waals surface area (Å²) in [5.41, 5.74) is 0.311. The van der Waals surface area contributed by atoms with Gasteiger partial charge in [-0.2, -0.15) is 0 Å². The minimum Gasteiger partial charge on any atom is -0.464 e. The Morgan fingerprint density at radius 3 is 2.74 bits per heavy atom. The van der Waals surface area contributed by atoms with Gasteiger partial charge >= 0.3 is 5.97 Å². The first-order chi connectivity index (χ1) is 9.20. The Morgan fingerprint density at radius 2 is 2.05 bits per heavy atom. The van der Waals surface area contributed by atoms with E-state index in [2.05, 4.69) is 15.0 Å². The quantitative estimate of drug-likeness (QED) is 0.865. The molecule has 1 N–H and O–H groups in total. The van der Waals surface area contributed by atoms with Crippen LogP contribution in [0, 0.1) is 0 Å². The molecule has 2 aromatic heterocycles. The van der Waals surface area contributed by atoms with Crippen LogP contribution in [0.3, 0.4) is 0 Å². The van der Waals surface area contributed by atoms with E-state index in [1.54, 1.807) is 23.5 Å².